The molecule has 1 amide bonds. The molecule has 1 saturated heterocycles. The van der Waals surface area contributed by atoms with E-state index < -0.39 is 36.4 Å². The Balaban J connectivity index is 1.89. The number of halogens is 3. The number of likely N-dealkylation sites (tertiary alicyclic amines) is 1. The molecule has 1 unspecified atom stereocenters. The maximum absolute atomic E-state index is 13.2. The van der Waals surface area contributed by atoms with Crippen molar-refractivity contribution in [2.45, 2.75) is 19.5 Å². The van der Waals surface area contributed by atoms with Gasteiger partial charge in [0.25, 0.3) is 5.91 Å². The molecule has 0 radical (unpaired) electrons. The smallest absolute Gasteiger partial charge is 0.406 e. The molecule has 5 nitrogen and oxygen atoms in total. The number of benzene rings is 1. The second kappa shape index (κ2) is 5.25. The van der Waals surface area contributed by atoms with Gasteiger partial charge < -0.3 is 15.0 Å². The number of carbonyl (C=O) groups is 2. The molecule has 0 saturated carbocycles. The van der Waals surface area contributed by atoms with Crippen molar-refractivity contribution in [2.75, 3.05) is 13.1 Å². The number of aliphatic carboxylic acids is 1. The van der Waals surface area contributed by atoms with Crippen LogP contribution in [0.3, 0.4) is 0 Å². The molecule has 24 heavy (non-hydrogen) atoms. The van der Waals surface area contributed by atoms with Gasteiger partial charge in [-0.05, 0) is 31.0 Å². The number of carboxylic acid groups (broad SMARTS) is 1. The molecule has 1 atom stereocenters. The topological polar surface area (TPSA) is 73.4 Å². The first-order chi connectivity index (χ1) is 11.1. The van der Waals surface area contributed by atoms with Gasteiger partial charge in [0.2, 0.25) is 0 Å². The van der Waals surface area contributed by atoms with Crippen molar-refractivity contribution in [3.05, 3.63) is 35.5 Å². The number of aryl methyl sites for hydroxylation is 1. The third-order valence-corrected chi connectivity index (χ3v) is 4.52. The summed E-state index contributed by atoms with van der Waals surface area (Å²) in [6.45, 7) is 0.755. The van der Waals surface area contributed by atoms with Gasteiger partial charge in [0, 0.05) is 24.0 Å². The molecule has 8 heteroatoms. The number of nitrogens with one attached hydrogen (secondary N) is 1. The summed E-state index contributed by atoms with van der Waals surface area (Å²) in [6.07, 6.45) is -5.55. The van der Waals surface area contributed by atoms with Gasteiger partial charge >= 0.3 is 12.1 Å². The fourth-order valence-corrected chi connectivity index (χ4v) is 3.04. The Morgan fingerprint density at radius 1 is 1.29 bits per heavy atom. The summed E-state index contributed by atoms with van der Waals surface area (Å²) >= 11 is 0. The van der Waals surface area contributed by atoms with Crippen molar-refractivity contribution >= 4 is 22.8 Å². The minimum absolute atomic E-state index is 0.152. The predicted molar refractivity (Wildman–Crippen MR) is 79.7 cm³/mol. The molecule has 2 heterocycles. The second-order valence-electron chi connectivity index (χ2n) is 6.14. The minimum atomic E-state index is -4.91. The summed E-state index contributed by atoms with van der Waals surface area (Å²) in [5, 5.41) is 9.82. The molecule has 0 bridgehead atoms. The Morgan fingerprint density at radius 3 is 2.58 bits per heavy atom. The monoisotopic (exact) mass is 340 g/mol. The van der Waals surface area contributed by atoms with Crippen molar-refractivity contribution < 1.29 is 27.9 Å². The number of aromatic amines is 1. The lowest BCUT2D eigenvalue weighted by Gasteiger charge is -2.27. The summed E-state index contributed by atoms with van der Waals surface area (Å²) in [6, 6.07) is 7.05. The summed E-state index contributed by atoms with van der Waals surface area (Å²) < 4.78 is 39.6. The van der Waals surface area contributed by atoms with Gasteiger partial charge in [-0.15, -0.1) is 0 Å². The summed E-state index contributed by atoms with van der Waals surface area (Å²) in [5.74, 6) is -2.58. The van der Waals surface area contributed by atoms with Crippen LogP contribution in [0.2, 0.25) is 0 Å². The van der Waals surface area contributed by atoms with Crippen molar-refractivity contribution in [2.24, 2.45) is 5.41 Å². The first-order valence-corrected chi connectivity index (χ1v) is 7.33. The zero-order valence-corrected chi connectivity index (χ0v) is 12.8. The highest BCUT2D eigenvalue weighted by Gasteiger charge is 2.64. The van der Waals surface area contributed by atoms with Crippen LogP contribution >= 0.6 is 0 Å². The highest BCUT2D eigenvalue weighted by molar-refractivity contribution is 5.98. The van der Waals surface area contributed by atoms with Gasteiger partial charge in [-0.2, -0.15) is 13.2 Å². The molecule has 1 aliphatic rings. The van der Waals surface area contributed by atoms with Crippen LogP contribution in [0.5, 0.6) is 0 Å². The largest absolute Gasteiger partial charge is 0.481 e. The molecule has 2 aromatic rings. The fraction of sp³-hybridized carbons (Fsp3) is 0.375. The molecule has 1 aromatic carbocycles. The normalized spacial score (nSPS) is 21.4. The average molecular weight is 340 g/mol. The van der Waals surface area contributed by atoms with Crippen LogP contribution in [0.25, 0.3) is 10.9 Å². The molecule has 0 aliphatic carbocycles. The highest BCUT2D eigenvalue weighted by Crippen LogP contribution is 2.46. The Labute approximate surface area is 135 Å². The Hall–Kier alpha value is -2.51. The van der Waals surface area contributed by atoms with E-state index in [-0.39, 0.29) is 12.2 Å². The van der Waals surface area contributed by atoms with Crippen LogP contribution in [0, 0.1) is 12.3 Å². The van der Waals surface area contributed by atoms with Crippen molar-refractivity contribution in [1.82, 2.24) is 9.88 Å². The molecule has 128 valence electrons. The average Bonchev–Trinajstić information content (AvgIpc) is 3.10. The zero-order valence-electron chi connectivity index (χ0n) is 12.8. The van der Waals surface area contributed by atoms with Crippen LogP contribution < -0.4 is 0 Å². The van der Waals surface area contributed by atoms with Crippen LogP contribution in [0.15, 0.2) is 24.3 Å². The lowest BCUT2D eigenvalue weighted by Crippen LogP contribution is -2.47. The Morgan fingerprint density at radius 2 is 2.00 bits per heavy atom. The van der Waals surface area contributed by atoms with Gasteiger partial charge in [-0.3, -0.25) is 9.59 Å². The first kappa shape index (κ1) is 16.4. The van der Waals surface area contributed by atoms with E-state index >= 15 is 0 Å². The second-order valence-corrected chi connectivity index (χ2v) is 6.14. The van der Waals surface area contributed by atoms with Gasteiger partial charge in [-0.25, -0.2) is 0 Å². The van der Waals surface area contributed by atoms with Crippen LogP contribution in [0.1, 0.15) is 22.5 Å². The highest BCUT2D eigenvalue weighted by atomic mass is 19.4. The number of amides is 1. The van der Waals surface area contributed by atoms with E-state index in [1.165, 1.54) is 0 Å². The van der Waals surface area contributed by atoms with Crippen molar-refractivity contribution in [1.29, 1.82) is 0 Å². The molecular weight excluding hydrogens is 325 g/mol. The van der Waals surface area contributed by atoms with E-state index in [0.29, 0.717) is 5.52 Å². The standard InChI is InChI=1S/C16H15F3N2O3/c1-9-2-3-10-7-12(20-11(10)6-9)13(22)21-5-4-15(8-21,14(23)24)16(17,18)19/h2-3,6-7,20H,4-5,8H2,1H3,(H,23,24). The number of rotatable bonds is 2. The maximum atomic E-state index is 13.2. The SMILES string of the molecule is Cc1ccc2cc(C(=O)N3CCC(C(=O)O)(C(F)(F)F)C3)[nH]c2c1. The molecule has 1 aliphatic heterocycles. The molecule has 2 N–H and O–H groups in total. The van der Waals surface area contributed by atoms with E-state index in [4.69, 9.17) is 5.11 Å². The van der Waals surface area contributed by atoms with E-state index in [1.54, 1.807) is 12.1 Å². The lowest BCUT2D eigenvalue weighted by atomic mass is 9.86. The van der Waals surface area contributed by atoms with E-state index in [1.807, 2.05) is 19.1 Å². The van der Waals surface area contributed by atoms with Gasteiger partial charge in [0.05, 0.1) is 0 Å². The third kappa shape index (κ3) is 2.42. The number of aromatic nitrogens is 1. The molecule has 0 spiro atoms. The Kier molecular flexibility index (Phi) is 3.58. The number of carbonyl (C=O) groups excluding carboxylic acids is 1. The van der Waals surface area contributed by atoms with Crippen molar-refractivity contribution in [3.8, 4) is 0 Å². The van der Waals surface area contributed by atoms with Gasteiger partial charge in [0.15, 0.2) is 5.41 Å². The van der Waals surface area contributed by atoms with Gasteiger partial charge in [-0.1, -0.05) is 12.1 Å². The summed E-state index contributed by atoms with van der Waals surface area (Å²) in [5.41, 5.74) is -1.06. The number of alkyl halides is 3. The van der Waals surface area contributed by atoms with Crippen LogP contribution in [-0.4, -0.2) is 46.1 Å². The molecule has 3 rings (SSSR count). The van der Waals surface area contributed by atoms with E-state index in [2.05, 4.69) is 4.98 Å². The minimum Gasteiger partial charge on any atom is -0.481 e. The predicted octanol–water partition coefficient (Wildman–Crippen LogP) is 2.96. The summed E-state index contributed by atoms with van der Waals surface area (Å²) in [4.78, 5) is 27.5. The third-order valence-electron chi connectivity index (χ3n) is 4.52. The van der Waals surface area contributed by atoms with Crippen LogP contribution in [0.4, 0.5) is 13.2 Å². The number of carboxylic acids is 1. The molecule has 1 fully saturated rings. The fourth-order valence-electron chi connectivity index (χ4n) is 3.04. The molecule has 1 aromatic heterocycles. The maximum Gasteiger partial charge on any atom is 0.406 e. The van der Waals surface area contributed by atoms with Crippen molar-refractivity contribution in [3.63, 3.8) is 0 Å². The summed E-state index contributed by atoms with van der Waals surface area (Å²) in [7, 11) is 0. The van der Waals surface area contributed by atoms with Gasteiger partial charge in [0.1, 0.15) is 5.69 Å². The Bertz CT molecular complexity index is 828. The first-order valence-electron chi connectivity index (χ1n) is 7.33. The number of H-pyrrole nitrogens is 1. The number of fused-ring (bicyclic) bond motifs is 1. The quantitative estimate of drug-likeness (QED) is 0.883. The molecular formula is C16H15F3N2O3. The zero-order chi connectivity index (χ0) is 17.7. The van der Waals surface area contributed by atoms with Crippen LogP contribution in [-0.2, 0) is 4.79 Å². The van der Waals surface area contributed by atoms with E-state index in [9.17, 15) is 22.8 Å². The number of nitrogens with zero attached hydrogens (tertiary/aromatic N) is 1. The number of hydrogen-bond donors (Lipinski definition) is 2. The number of hydrogen-bond acceptors (Lipinski definition) is 2. The lowest BCUT2D eigenvalue weighted by molar-refractivity contribution is -0.227. The van der Waals surface area contributed by atoms with E-state index in [0.717, 1.165) is 15.8 Å².